The SMILES string of the molecule is CCCC(C)(CCC)CCNC. The third-order valence-electron chi connectivity index (χ3n) is 2.69. The van der Waals surface area contributed by atoms with Crippen LogP contribution in [0, 0.1) is 5.41 Å². The van der Waals surface area contributed by atoms with Crippen molar-refractivity contribution in [2.45, 2.75) is 52.9 Å². The van der Waals surface area contributed by atoms with Crippen LogP contribution in [0.25, 0.3) is 0 Å². The Labute approximate surface area is 77.9 Å². The Hall–Kier alpha value is -0.0400. The van der Waals surface area contributed by atoms with Crippen molar-refractivity contribution in [1.82, 2.24) is 5.32 Å². The van der Waals surface area contributed by atoms with E-state index in [0.29, 0.717) is 5.41 Å². The standard InChI is InChI=1S/C11H25N/c1-5-7-11(3,8-6-2)9-10-12-4/h12H,5-10H2,1-4H3. The molecule has 0 aromatic heterocycles. The average Bonchev–Trinajstić information content (AvgIpc) is 2.02. The Bertz CT molecular complexity index is 93.2. The van der Waals surface area contributed by atoms with Gasteiger partial charge >= 0.3 is 0 Å². The molecule has 0 unspecified atom stereocenters. The minimum absolute atomic E-state index is 0.590. The van der Waals surface area contributed by atoms with Crippen molar-refractivity contribution in [3.05, 3.63) is 0 Å². The third kappa shape index (κ3) is 4.76. The lowest BCUT2D eigenvalue weighted by atomic mass is 9.78. The normalized spacial score (nSPS) is 12.0. The first kappa shape index (κ1) is 12.0. The summed E-state index contributed by atoms with van der Waals surface area (Å²) in [5, 5.41) is 3.24. The molecular weight excluding hydrogens is 146 g/mol. The summed E-state index contributed by atoms with van der Waals surface area (Å²) in [6, 6.07) is 0. The van der Waals surface area contributed by atoms with Crippen LogP contribution in [0.2, 0.25) is 0 Å². The summed E-state index contributed by atoms with van der Waals surface area (Å²) < 4.78 is 0. The van der Waals surface area contributed by atoms with Crippen molar-refractivity contribution in [3.8, 4) is 0 Å². The fourth-order valence-electron chi connectivity index (χ4n) is 2.01. The van der Waals surface area contributed by atoms with E-state index in [4.69, 9.17) is 0 Å². The highest BCUT2D eigenvalue weighted by atomic mass is 14.8. The van der Waals surface area contributed by atoms with Crippen LogP contribution < -0.4 is 5.32 Å². The molecule has 0 aromatic rings. The molecule has 0 aliphatic carbocycles. The van der Waals surface area contributed by atoms with Gasteiger partial charge in [0.05, 0.1) is 0 Å². The van der Waals surface area contributed by atoms with Crippen molar-refractivity contribution >= 4 is 0 Å². The van der Waals surface area contributed by atoms with Gasteiger partial charge in [0.25, 0.3) is 0 Å². The van der Waals surface area contributed by atoms with Crippen LogP contribution in [0.1, 0.15) is 52.9 Å². The summed E-state index contributed by atoms with van der Waals surface area (Å²) in [4.78, 5) is 0. The second-order valence-electron chi connectivity index (χ2n) is 4.16. The molecule has 0 saturated carbocycles. The summed E-state index contributed by atoms with van der Waals surface area (Å²) in [5.74, 6) is 0. The molecule has 0 aromatic carbocycles. The topological polar surface area (TPSA) is 12.0 Å². The highest BCUT2D eigenvalue weighted by Crippen LogP contribution is 2.32. The first-order chi connectivity index (χ1) is 5.68. The summed E-state index contributed by atoms with van der Waals surface area (Å²) in [6.45, 7) is 8.16. The quantitative estimate of drug-likeness (QED) is 0.620. The minimum atomic E-state index is 0.590. The van der Waals surface area contributed by atoms with E-state index >= 15 is 0 Å². The lowest BCUT2D eigenvalue weighted by Gasteiger charge is -2.28. The Balaban J connectivity index is 3.80. The van der Waals surface area contributed by atoms with Crippen LogP contribution >= 0.6 is 0 Å². The maximum Gasteiger partial charge on any atom is -0.00467 e. The molecule has 0 heterocycles. The van der Waals surface area contributed by atoms with Gasteiger partial charge in [0.1, 0.15) is 0 Å². The molecule has 74 valence electrons. The smallest absolute Gasteiger partial charge is 0.00467 e. The maximum absolute atomic E-state index is 3.24. The zero-order chi connectivity index (χ0) is 9.45. The van der Waals surface area contributed by atoms with Crippen LogP contribution in [0.4, 0.5) is 0 Å². The summed E-state index contributed by atoms with van der Waals surface area (Å²) >= 11 is 0. The van der Waals surface area contributed by atoms with E-state index in [0.717, 1.165) is 6.54 Å². The molecule has 0 radical (unpaired) electrons. The molecule has 0 aliphatic heterocycles. The summed E-state index contributed by atoms with van der Waals surface area (Å²) in [6.07, 6.45) is 6.72. The van der Waals surface area contributed by atoms with Crippen molar-refractivity contribution in [3.63, 3.8) is 0 Å². The molecule has 1 nitrogen and oxygen atoms in total. The second-order valence-corrected chi connectivity index (χ2v) is 4.16. The fourth-order valence-corrected chi connectivity index (χ4v) is 2.01. The van der Waals surface area contributed by atoms with Gasteiger partial charge in [-0.2, -0.15) is 0 Å². The average molecular weight is 171 g/mol. The van der Waals surface area contributed by atoms with Crippen molar-refractivity contribution in [1.29, 1.82) is 0 Å². The van der Waals surface area contributed by atoms with E-state index < -0.39 is 0 Å². The highest BCUT2D eigenvalue weighted by Gasteiger charge is 2.20. The van der Waals surface area contributed by atoms with E-state index in [1.165, 1.54) is 32.1 Å². The van der Waals surface area contributed by atoms with Crippen LogP contribution in [0.5, 0.6) is 0 Å². The monoisotopic (exact) mass is 171 g/mol. The van der Waals surface area contributed by atoms with Gasteiger partial charge in [-0.3, -0.25) is 0 Å². The molecule has 1 heteroatoms. The van der Waals surface area contributed by atoms with Crippen molar-refractivity contribution < 1.29 is 0 Å². The third-order valence-corrected chi connectivity index (χ3v) is 2.69. The molecular formula is C11H25N. The van der Waals surface area contributed by atoms with E-state index in [9.17, 15) is 0 Å². The molecule has 0 amide bonds. The Kier molecular flexibility index (Phi) is 6.45. The molecule has 0 fully saturated rings. The number of hydrogen-bond donors (Lipinski definition) is 1. The molecule has 0 rings (SSSR count). The Morgan fingerprint density at radius 3 is 1.83 bits per heavy atom. The number of rotatable bonds is 7. The van der Waals surface area contributed by atoms with E-state index in [1.807, 2.05) is 7.05 Å². The van der Waals surface area contributed by atoms with E-state index in [-0.39, 0.29) is 0 Å². The predicted octanol–water partition coefficient (Wildman–Crippen LogP) is 3.20. The molecule has 1 N–H and O–H groups in total. The van der Waals surface area contributed by atoms with Gasteiger partial charge in [-0.25, -0.2) is 0 Å². The molecule has 0 atom stereocenters. The first-order valence-corrected chi connectivity index (χ1v) is 5.33. The largest absolute Gasteiger partial charge is 0.320 e. The lowest BCUT2D eigenvalue weighted by Crippen LogP contribution is -2.22. The van der Waals surface area contributed by atoms with Gasteiger partial charge in [0, 0.05) is 0 Å². The summed E-state index contributed by atoms with van der Waals surface area (Å²) in [7, 11) is 2.04. The number of nitrogens with one attached hydrogen (secondary N) is 1. The molecule has 0 spiro atoms. The lowest BCUT2D eigenvalue weighted by molar-refractivity contribution is 0.243. The van der Waals surface area contributed by atoms with Crippen LogP contribution in [-0.4, -0.2) is 13.6 Å². The van der Waals surface area contributed by atoms with Gasteiger partial charge in [0.15, 0.2) is 0 Å². The zero-order valence-electron chi connectivity index (χ0n) is 9.24. The molecule has 0 aliphatic rings. The fraction of sp³-hybridized carbons (Fsp3) is 1.00. The van der Waals surface area contributed by atoms with Gasteiger partial charge in [0.2, 0.25) is 0 Å². The zero-order valence-corrected chi connectivity index (χ0v) is 9.24. The number of hydrogen-bond acceptors (Lipinski definition) is 1. The van der Waals surface area contributed by atoms with E-state index in [1.54, 1.807) is 0 Å². The molecule has 12 heavy (non-hydrogen) atoms. The Morgan fingerprint density at radius 1 is 1.00 bits per heavy atom. The van der Waals surface area contributed by atoms with Gasteiger partial charge in [-0.15, -0.1) is 0 Å². The van der Waals surface area contributed by atoms with Crippen LogP contribution in [0.3, 0.4) is 0 Å². The van der Waals surface area contributed by atoms with Crippen LogP contribution in [-0.2, 0) is 0 Å². The van der Waals surface area contributed by atoms with Gasteiger partial charge in [-0.05, 0) is 38.3 Å². The van der Waals surface area contributed by atoms with Crippen molar-refractivity contribution in [2.75, 3.05) is 13.6 Å². The first-order valence-electron chi connectivity index (χ1n) is 5.33. The Morgan fingerprint density at radius 2 is 1.50 bits per heavy atom. The summed E-state index contributed by atoms with van der Waals surface area (Å²) in [5.41, 5.74) is 0.590. The minimum Gasteiger partial charge on any atom is -0.320 e. The second kappa shape index (κ2) is 6.47. The molecule has 0 saturated heterocycles. The maximum atomic E-state index is 3.24. The van der Waals surface area contributed by atoms with Gasteiger partial charge < -0.3 is 5.32 Å². The molecule has 0 bridgehead atoms. The van der Waals surface area contributed by atoms with Crippen LogP contribution in [0.15, 0.2) is 0 Å². The van der Waals surface area contributed by atoms with E-state index in [2.05, 4.69) is 26.1 Å². The van der Waals surface area contributed by atoms with Crippen molar-refractivity contribution in [2.24, 2.45) is 5.41 Å². The highest BCUT2D eigenvalue weighted by molar-refractivity contribution is 4.73. The van der Waals surface area contributed by atoms with Gasteiger partial charge in [-0.1, -0.05) is 33.6 Å². The predicted molar refractivity (Wildman–Crippen MR) is 56.5 cm³/mol.